The van der Waals surface area contributed by atoms with Gasteiger partial charge >= 0.3 is 29.0 Å². The van der Waals surface area contributed by atoms with Crippen LogP contribution in [0, 0.1) is 0 Å². The van der Waals surface area contributed by atoms with Crippen LogP contribution < -0.4 is 17.1 Å². The molecule has 152 valence electrons. The largest absolute Gasteiger partial charge is 0.462 e. The Bertz CT molecular complexity index is 898. The van der Waals surface area contributed by atoms with E-state index in [1.165, 1.54) is 19.9 Å². The number of ether oxygens (including phenoxy) is 2. The summed E-state index contributed by atoms with van der Waals surface area (Å²) < 4.78 is 10.8. The molecule has 0 bridgehead atoms. The van der Waals surface area contributed by atoms with Gasteiger partial charge in [0.2, 0.25) is 0 Å². The maximum absolute atomic E-state index is 12.3. The van der Waals surface area contributed by atoms with E-state index in [1.54, 1.807) is 0 Å². The van der Waals surface area contributed by atoms with Crippen LogP contribution in [0.2, 0.25) is 0 Å². The first-order valence-electron chi connectivity index (χ1n) is 8.29. The first kappa shape index (κ1) is 22.6. The van der Waals surface area contributed by atoms with E-state index in [2.05, 4.69) is 19.7 Å². The summed E-state index contributed by atoms with van der Waals surface area (Å²) in [6.07, 6.45) is 1.20. The topological polar surface area (TPSA) is 140 Å². The molecular weight excluding hydrogens is 370 g/mol. The zero-order chi connectivity index (χ0) is 21.5. The number of rotatable bonds is 10. The molecule has 10 nitrogen and oxygen atoms in total. The van der Waals surface area contributed by atoms with Gasteiger partial charge in [-0.2, -0.15) is 0 Å². The third-order valence-electron chi connectivity index (χ3n) is 3.91. The predicted molar refractivity (Wildman–Crippen MR) is 101 cm³/mol. The second-order valence-corrected chi connectivity index (χ2v) is 6.17. The van der Waals surface area contributed by atoms with Crippen LogP contribution >= 0.6 is 0 Å². The van der Waals surface area contributed by atoms with Crippen molar-refractivity contribution in [1.29, 1.82) is 0 Å². The molecule has 0 aliphatic rings. The van der Waals surface area contributed by atoms with Crippen molar-refractivity contribution in [2.45, 2.75) is 32.2 Å². The van der Waals surface area contributed by atoms with E-state index in [1.807, 2.05) is 9.97 Å². The van der Waals surface area contributed by atoms with Gasteiger partial charge in [-0.25, -0.2) is 28.5 Å². The molecule has 0 spiro atoms. The lowest BCUT2D eigenvalue weighted by atomic mass is 9.91. The molecule has 0 fully saturated rings. The molecule has 0 atom stereocenters. The van der Waals surface area contributed by atoms with Crippen molar-refractivity contribution in [3.63, 3.8) is 0 Å². The molecule has 0 aliphatic heterocycles. The summed E-state index contributed by atoms with van der Waals surface area (Å²) in [7, 11) is 0. The summed E-state index contributed by atoms with van der Waals surface area (Å²) in [5.74, 6) is -1.29. The maximum Gasteiger partial charge on any atom is 0.334 e. The zero-order valence-electron chi connectivity index (χ0n) is 15.8. The van der Waals surface area contributed by atoms with Gasteiger partial charge in [0.1, 0.15) is 0 Å². The van der Waals surface area contributed by atoms with Crippen molar-refractivity contribution in [2.75, 3.05) is 13.2 Å². The molecule has 1 aromatic heterocycles. The molecular formula is C18H23N3O7. The molecule has 2 N–H and O–H groups in total. The van der Waals surface area contributed by atoms with E-state index in [0.29, 0.717) is 0 Å². The van der Waals surface area contributed by atoms with E-state index >= 15 is 0 Å². The molecule has 1 rings (SSSR count). The summed E-state index contributed by atoms with van der Waals surface area (Å²) in [5.41, 5.74) is -3.97. The Morgan fingerprint density at radius 1 is 0.964 bits per heavy atom. The molecule has 0 unspecified atom stereocenters. The van der Waals surface area contributed by atoms with Gasteiger partial charge < -0.3 is 9.47 Å². The highest BCUT2D eigenvalue weighted by Crippen LogP contribution is 2.24. The van der Waals surface area contributed by atoms with Crippen molar-refractivity contribution in [3.05, 3.63) is 68.4 Å². The van der Waals surface area contributed by atoms with Crippen LogP contribution in [0.4, 0.5) is 0 Å². The summed E-state index contributed by atoms with van der Waals surface area (Å²) in [5, 5.41) is 0. The zero-order valence-corrected chi connectivity index (χ0v) is 15.8. The smallest absolute Gasteiger partial charge is 0.334 e. The number of carbonyl (C=O) groups excluding carboxylic acids is 2. The van der Waals surface area contributed by atoms with E-state index in [-0.39, 0.29) is 37.2 Å². The molecule has 0 aromatic carbocycles. The SMILES string of the molecule is C=CC(CCOC(=O)C(=C)C)(CCOC(=O)C(=C)C)n1c(=O)[nH]c(=O)[nH]c1=O. The molecule has 1 aromatic rings. The lowest BCUT2D eigenvalue weighted by Crippen LogP contribution is -2.53. The lowest BCUT2D eigenvalue weighted by molar-refractivity contribution is -0.139. The molecule has 0 radical (unpaired) electrons. The van der Waals surface area contributed by atoms with Crippen LogP contribution in [0.25, 0.3) is 0 Å². The third kappa shape index (κ3) is 5.53. The van der Waals surface area contributed by atoms with Crippen molar-refractivity contribution in [1.82, 2.24) is 14.5 Å². The Morgan fingerprint density at radius 3 is 1.68 bits per heavy atom. The van der Waals surface area contributed by atoms with Crippen LogP contribution in [0.5, 0.6) is 0 Å². The summed E-state index contributed by atoms with van der Waals surface area (Å²) >= 11 is 0. The van der Waals surface area contributed by atoms with Crippen molar-refractivity contribution in [3.8, 4) is 0 Å². The van der Waals surface area contributed by atoms with Gasteiger partial charge in [0.15, 0.2) is 0 Å². The fourth-order valence-corrected chi connectivity index (χ4v) is 2.37. The number of nitrogens with one attached hydrogen (secondary N) is 2. The minimum absolute atomic E-state index is 0.0465. The minimum Gasteiger partial charge on any atom is -0.462 e. The highest BCUT2D eigenvalue weighted by Gasteiger charge is 2.33. The first-order chi connectivity index (χ1) is 13.0. The van der Waals surface area contributed by atoms with Crippen LogP contribution in [0.15, 0.2) is 51.3 Å². The standard InChI is InChI=1S/C18H23N3O7/c1-6-18(7-9-27-13(22)11(2)3,8-10-28-14(23)12(4)5)21-16(25)19-15(24)20-17(21)26/h6H,1-2,4,7-10H2,3,5H3,(H2,19,20,24,25,26). The highest BCUT2D eigenvalue weighted by atomic mass is 16.5. The molecule has 0 amide bonds. The third-order valence-corrected chi connectivity index (χ3v) is 3.91. The number of hydrogen-bond acceptors (Lipinski definition) is 7. The number of nitrogens with zero attached hydrogens (tertiary/aromatic N) is 1. The number of H-pyrrole nitrogens is 2. The minimum atomic E-state index is -1.40. The average Bonchev–Trinajstić information content (AvgIpc) is 2.59. The quantitative estimate of drug-likeness (QED) is 0.327. The van der Waals surface area contributed by atoms with Gasteiger partial charge in [-0.3, -0.25) is 9.97 Å². The summed E-state index contributed by atoms with van der Waals surface area (Å²) in [6.45, 7) is 13.2. The number of esters is 2. The Balaban J connectivity index is 3.24. The monoisotopic (exact) mass is 393 g/mol. The molecule has 0 saturated heterocycles. The number of allylic oxidation sites excluding steroid dienone is 1. The van der Waals surface area contributed by atoms with Gasteiger partial charge in [0.25, 0.3) is 0 Å². The van der Waals surface area contributed by atoms with E-state index in [4.69, 9.17) is 9.47 Å². The second kappa shape index (κ2) is 9.49. The Labute approximate surface area is 160 Å². The molecule has 1 heterocycles. The second-order valence-electron chi connectivity index (χ2n) is 6.17. The van der Waals surface area contributed by atoms with Gasteiger partial charge in [-0.05, 0) is 13.8 Å². The highest BCUT2D eigenvalue weighted by molar-refractivity contribution is 5.87. The lowest BCUT2D eigenvalue weighted by Gasteiger charge is -2.31. The Kier molecular flexibility index (Phi) is 7.66. The Hall–Kier alpha value is -3.43. The maximum atomic E-state index is 12.3. The normalized spacial score (nSPS) is 10.8. The molecule has 0 aliphatic carbocycles. The molecule has 28 heavy (non-hydrogen) atoms. The van der Waals surface area contributed by atoms with E-state index in [0.717, 1.165) is 4.57 Å². The van der Waals surface area contributed by atoms with Gasteiger partial charge in [-0.1, -0.05) is 19.2 Å². The Morgan fingerprint density at radius 2 is 1.36 bits per heavy atom. The van der Waals surface area contributed by atoms with Gasteiger partial charge in [-0.15, -0.1) is 6.58 Å². The number of hydrogen-bond donors (Lipinski definition) is 2. The van der Waals surface area contributed by atoms with Crippen LogP contribution in [-0.4, -0.2) is 39.7 Å². The fraction of sp³-hybridized carbons (Fsp3) is 0.389. The van der Waals surface area contributed by atoms with E-state index < -0.39 is 34.5 Å². The van der Waals surface area contributed by atoms with Crippen LogP contribution in [0.3, 0.4) is 0 Å². The van der Waals surface area contributed by atoms with Crippen molar-refractivity contribution < 1.29 is 19.1 Å². The van der Waals surface area contributed by atoms with Gasteiger partial charge in [0, 0.05) is 24.0 Å². The molecule has 0 saturated carbocycles. The van der Waals surface area contributed by atoms with Gasteiger partial charge in [0.05, 0.1) is 18.8 Å². The number of carbonyl (C=O) groups is 2. The molecule has 10 heteroatoms. The first-order valence-corrected chi connectivity index (χ1v) is 8.29. The van der Waals surface area contributed by atoms with Crippen molar-refractivity contribution >= 4 is 11.9 Å². The van der Waals surface area contributed by atoms with E-state index in [9.17, 15) is 24.0 Å². The fourth-order valence-electron chi connectivity index (χ4n) is 2.37. The average molecular weight is 393 g/mol. The number of aromatic amines is 2. The number of aromatic nitrogens is 3. The summed E-state index contributed by atoms with van der Waals surface area (Å²) in [4.78, 5) is 63.0. The van der Waals surface area contributed by atoms with Crippen LogP contribution in [-0.2, 0) is 24.6 Å². The van der Waals surface area contributed by atoms with Crippen LogP contribution in [0.1, 0.15) is 26.7 Å². The van der Waals surface area contributed by atoms with Crippen molar-refractivity contribution in [2.24, 2.45) is 0 Å². The summed E-state index contributed by atoms with van der Waals surface area (Å²) in [6, 6.07) is 0. The predicted octanol–water partition coefficient (Wildman–Crippen LogP) is 0.125.